The first kappa shape index (κ1) is 17.2. The highest BCUT2D eigenvalue weighted by molar-refractivity contribution is 5.99. The summed E-state index contributed by atoms with van der Waals surface area (Å²) in [4.78, 5) is 45.2. The Balaban J connectivity index is 2.83. The van der Waals surface area contributed by atoms with Crippen LogP contribution in [0.25, 0.3) is 0 Å². The van der Waals surface area contributed by atoms with E-state index in [0.29, 0.717) is 0 Å². The maximum absolute atomic E-state index is 12.0. The van der Waals surface area contributed by atoms with Crippen molar-refractivity contribution >= 4 is 23.8 Å². The molecule has 1 aromatic carbocycles. The maximum atomic E-state index is 12.0. The standard InChI is InChI=1S/C14H16N2O6/c1-22-14(21)9-4-2-3-8(7-9)13(20)16-10(12(15)19)5-6-11(17)18/h2-4,7,10H,5-6H2,1H3,(H2,15,19)(H,16,20)(H,17,18)/t10-/m0/s1. The zero-order valence-corrected chi connectivity index (χ0v) is 11.9. The third-order valence-electron chi connectivity index (χ3n) is 2.84. The number of hydrogen-bond acceptors (Lipinski definition) is 5. The van der Waals surface area contributed by atoms with Crippen LogP contribution in [0, 0.1) is 0 Å². The zero-order valence-electron chi connectivity index (χ0n) is 11.9. The number of carboxylic acids is 1. The van der Waals surface area contributed by atoms with Crippen LogP contribution in [-0.4, -0.2) is 42.0 Å². The number of amides is 2. The zero-order chi connectivity index (χ0) is 16.7. The van der Waals surface area contributed by atoms with Gasteiger partial charge < -0.3 is 20.9 Å². The number of hydrogen-bond donors (Lipinski definition) is 3. The van der Waals surface area contributed by atoms with Gasteiger partial charge in [-0.2, -0.15) is 0 Å². The lowest BCUT2D eigenvalue weighted by atomic mass is 10.1. The van der Waals surface area contributed by atoms with Gasteiger partial charge in [0.15, 0.2) is 0 Å². The summed E-state index contributed by atoms with van der Waals surface area (Å²) in [6.45, 7) is 0. The molecule has 2 amide bonds. The van der Waals surface area contributed by atoms with Crippen LogP contribution in [-0.2, 0) is 14.3 Å². The summed E-state index contributed by atoms with van der Waals surface area (Å²) in [5.41, 5.74) is 5.43. The van der Waals surface area contributed by atoms with Crippen molar-refractivity contribution in [3.63, 3.8) is 0 Å². The van der Waals surface area contributed by atoms with Gasteiger partial charge in [0.05, 0.1) is 12.7 Å². The van der Waals surface area contributed by atoms with Crippen molar-refractivity contribution in [2.75, 3.05) is 7.11 Å². The molecule has 0 heterocycles. The minimum absolute atomic E-state index is 0.118. The number of carbonyl (C=O) groups excluding carboxylic acids is 3. The Morgan fingerprint density at radius 1 is 1.27 bits per heavy atom. The fourth-order valence-electron chi connectivity index (χ4n) is 1.70. The van der Waals surface area contributed by atoms with Gasteiger partial charge >= 0.3 is 11.9 Å². The summed E-state index contributed by atoms with van der Waals surface area (Å²) in [5, 5.41) is 10.9. The molecule has 22 heavy (non-hydrogen) atoms. The first-order chi connectivity index (χ1) is 10.3. The maximum Gasteiger partial charge on any atom is 0.337 e. The molecule has 8 nitrogen and oxygen atoms in total. The highest BCUT2D eigenvalue weighted by atomic mass is 16.5. The summed E-state index contributed by atoms with van der Waals surface area (Å²) in [6.07, 6.45) is -0.427. The summed E-state index contributed by atoms with van der Waals surface area (Å²) >= 11 is 0. The number of benzene rings is 1. The van der Waals surface area contributed by atoms with Crippen LogP contribution in [0.3, 0.4) is 0 Å². The predicted octanol–water partition coefficient (Wildman–Crippen LogP) is -0.0783. The van der Waals surface area contributed by atoms with Gasteiger partial charge in [0, 0.05) is 12.0 Å². The Hall–Kier alpha value is -2.90. The number of esters is 1. The molecule has 0 saturated heterocycles. The van der Waals surface area contributed by atoms with Crippen molar-refractivity contribution in [1.82, 2.24) is 5.32 Å². The number of rotatable bonds is 7. The summed E-state index contributed by atoms with van der Waals surface area (Å²) < 4.78 is 4.55. The Bertz CT molecular complexity index is 599. The molecule has 1 atom stereocenters. The number of ether oxygens (including phenoxy) is 1. The molecule has 4 N–H and O–H groups in total. The molecular weight excluding hydrogens is 292 g/mol. The fourth-order valence-corrected chi connectivity index (χ4v) is 1.70. The molecule has 0 saturated carbocycles. The lowest BCUT2D eigenvalue weighted by molar-refractivity contribution is -0.137. The number of primary amides is 1. The van der Waals surface area contributed by atoms with Crippen LogP contribution in [0.15, 0.2) is 24.3 Å². The highest BCUT2D eigenvalue weighted by Gasteiger charge is 2.20. The van der Waals surface area contributed by atoms with Crippen LogP contribution in [0.1, 0.15) is 33.6 Å². The topological polar surface area (TPSA) is 136 Å². The summed E-state index contributed by atoms with van der Waals surface area (Å²) in [5.74, 6) is -3.18. The van der Waals surface area contributed by atoms with Gasteiger partial charge in [0.2, 0.25) is 5.91 Å². The minimum Gasteiger partial charge on any atom is -0.481 e. The Labute approximate surface area is 126 Å². The van der Waals surface area contributed by atoms with E-state index in [4.69, 9.17) is 10.8 Å². The summed E-state index contributed by atoms with van der Waals surface area (Å²) in [7, 11) is 1.21. The molecular formula is C14H16N2O6. The highest BCUT2D eigenvalue weighted by Crippen LogP contribution is 2.08. The van der Waals surface area contributed by atoms with Gasteiger partial charge in [-0.05, 0) is 24.6 Å². The molecule has 0 bridgehead atoms. The van der Waals surface area contributed by atoms with Gasteiger partial charge in [0.1, 0.15) is 6.04 Å². The number of nitrogens with two attached hydrogens (primary N) is 1. The second-order valence-corrected chi connectivity index (χ2v) is 4.43. The van der Waals surface area contributed by atoms with Crippen molar-refractivity contribution in [2.24, 2.45) is 5.73 Å². The van der Waals surface area contributed by atoms with E-state index in [1.807, 2.05) is 0 Å². The van der Waals surface area contributed by atoms with Crippen LogP contribution >= 0.6 is 0 Å². The van der Waals surface area contributed by atoms with Crippen molar-refractivity contribution in [3.8, 4) is 0 Å². The Kier molecular flexibility index (Phi) is 6.06. The normalized spacial score (nSPS) is 11.3. The molecule has 1 rings (SSSR count). The molecule has 8 heteroatoms. The number of carboxylic acid groups (broad SMARTS) is 1. The monoisotopic (exact) mass is 308 g/mol. The first-order valence-electron chi connectivity index (χ1n) is 6.35. The average Bonchev–Trinajstić information content (AvgIpc) is 2.49. The number of aliphatic carboxylic acids is 1. The van der Waals surface area contributed by atoms with Crippen LogP contribution in [0.4, 0.5) is 0 Å². The van der Waals surface area contributed by atoms with E-state index in [0.717, 1.165) is 0 Å². The van der Waals surface area contributed by atoms with E-state index >= 15 is 0 Å². The third-order valence-corrected chi connectivity index (χ3v) is 2.84. The molecule has 0 aliphatic carbocycles. The molecule has 0 aromatic heterocycles. The minimum atomic E-state index is -1.11. The van der Waals surface area contributed by atoms with Crippen molar-refractivity contribution in [3.05, 3.63) is 35.4 Å². The van der Waals surface area contributed by atoms with Crippen molar-refractivity contribution < 1.29 is 29.0 Å². The molecule has 0 aliphatic heterocycles. The van der Waals surface area contributed by atoms with Crippen molar-refractivity contribution in [2.45, 2.75) is 18.9 Å². The van der Waals surface area contributed by atoms with E-state index in [1.165, 1.54) is 31.4 Å². The van der Waals surface area contributed by atoms with Gasteiger partial charge in [-0.3, -0.25) is 14.4 Å². The van der Waals surface area contributed by atoms with Crippen molar-refractivity contribution in [1.29, 1.82) is 0 Å². The van der Waals surface area contributed by atoms with E-state index in [9.17, 15) is 19.2 Å². The smallest absolute Gasteiger partial charge is 0.337 e. The third kappa shape index (κ3) is 4.89. The van der Waals surface area contributed by atoms with Gasteiger partial charge in [-0.15, -0.1) is 0 Å². The second-order valence-electron chi connectivity index (χ2n) is 4.43. The van der Waals surface area contributed by atoms with Crippen LogP contribution in [0.5, 0.6) is 0 Å². The Morgan fingerprint density at radius 2 is 1.91 bits per heavy atom. The van der Waals surface area contributed by atoms with Crippen LogP contribution < -0.4 is 11.1 Å². The van der Waals surface area contributed by atoms with Gasteiger partial charge in [-0.1, -0.05) is 6.07 Å². The largest absolute Gasteiger partial charge is 0.481 e. The van der Waals surface area contributed by atoms with E-state index < -0.39 is 29.8 Å². The molecule has 0 aliphatic rings. The summed E-state index contributed by atoms with van der Waals surface area (Å²) in [6, 6.07) is 4.59. The van der Waals surface area contributed by atoms with E-state index in [-0.39, 0.29) is 24.0 Å². The molecule has 0 unspecified atom stereocenters. The Morgan fingerprint density at radius 3 is 2.45 bits per heavy atom. The molecule has 0 fully saturated rings. The predicted molar refractivity (Wildman–Crippen MR) is 75.1 cm³/mol. The second kappa shape index (κ2) is 7.77. The average molecular weight is 308 g/mol. The number of methoxy groups -OCH3 is 1. The molecule has 118 valence electrons. The first-order valence-corrected chi connectivity index (χ1v) is 6.35. The SMILES string of the molecule is COC(=O)c1cccc(C(=O)N[C@@H](CCC(=O)O)C(N)=O)c1. The van der Waals surface area contributed by atoms with Gasteiger partial charge in [0.25, 0.3) is 5.91 Å². The number of carbonyl (C=O) groups is 4. The van der Waals surface area contributed by atoms with E-state index in [2.05, 4.69) is 10.1 Å². The van der Waals surface area contributed by atoms with E-state index in [1.54, 1.807) is 0 Å². The quantitative estimate of drug-likeness (QED) is 0.603. The molecule has 0 spiro atoms. The lowest BCUT2D eigenvalue weighted by Crippen LogP contribution is -2.44. The lowest BCUT2D eigenvalue weighted by Gasteiger charge is -2.14. The number of nitrogens with one attached hydrogen (secondary N) is 1. The van der Waals surface area contributed by atoms with Gasteiger partial charge in [-0.25, -0.2) is 4.79 Å². The molecule has 0 radical (unpaired) electrons. The molecule has 1 aromatic rings. The fraction of sp³-hybridized carbons (Fsp3) is 0.286. The van der Waals surface area contributed by atoms with Crippen LogP contribution in [0.2, 0.25) is 0 Å².